The Balaban J connectivity index is 1.51. The first kappa shape index (κ1) is 31.3. The number of aldehydes is 1. The largest absolute Gasteiger partial charge is 0.356 e. The van der Waals surface area contributed by atoms with Crippen LogP contribution < -0.4 is 21.3 Å². The van der Waals surface area contributed by atoms with E-state index in [4.69, 9.17) is 0 Å². The van der Waals surface area contributed by atoms with Crippen LogP contribution in [0.4, 0.5) is 0 Å². The summed E-state index contributed by atoms with van der Waals surface area (Å²) in [5, 5.41) is 13.0. The van der Waals surface area contributed by atoms with E-state index in [1.165, 1.54) is 18.6 Å². The molecule has 4 atom stereocenters. The van der Waals surface area contributed by atoms with Gasteiger partial charge in [0, 0.05) is 31.3 Å². The number of nitrogens with one attached hydrogen (secondary N) is 4. The first-order valence-electron chi connectivity index (χ1n) is 14.6. The molecular weight excluding hydrogens is 548 g/mol. The third kappa shape index (κ3) is 8.67. The van der Waals surface area contributed by atoms with Crippen molar-refractivity contribution in [3.63, 3.8) is 0 Å². The average molecular weight is 587 g/mol. The van der Waals surface area contributed by atoms with Gasteiger partial charge in [-0.1, -0.05) is 56.3 Å². The lowest BCUT2D eigenvalue weighted by molar-refractivity contribution is -0.131. The second kappa shape index (κ2) is 15.0. The number of amides is 4. The van der Waals surface area contributed by atoms with Gasteiger partial charge in [0.25, 0.3) is 5.91 Å². The molecule has 1 saturated heterocycles. The summed E-state index contributed by atoms with van der Waals surface area (Å²) in [5.74, 6) is -1.80. The van der Waals surface area contributed by atoms with Crippen LogP contribution in [0.2, 0.25) is 0 Å². The van der Waals surface area contributed by atoms with E-state index < -0.39 is 35.8 Å². The standard InChI is InChI=1S/C32H38N6O5/c1-20(2)16-26(30(41)36-24(19-39)11-10-22-12-13-35-29(22)40)37-31(42)27(38-32(43)28-18-33-14-15-34-28)17-23-8-5-7-21-6-3-4-9-25(21)23/h3-9,14-15,18-20,22,24,26-27H,10-13,16-17H2,1-2H3,(H,35,40)(H,36,41)(H,37,42)(H,38,43)/t22-,24+,26+,27+/m1/s1. The Morgan fingerprint density at radius 3 is 2.47 bits per heavy atom. The number of hydrogen-bond acceptors (Lipinski definition) is 7. The topological polar surface area (TPSA) is 159 Å². The summed E-state index contributed by atoms with van der Waals surface area (Å²) < 4.78 is 0. The molecule has 11 heteroatoms. The van der Waals surface area contributed by atoms with Gasteiger partial charge in [-0.15, -0.1) is 0 Å². The molecule has 4 amide bonds. The molecule has 0 spiro atoms. The molecule has 1 fully saturated rings. The van der Waals surface area contributed by atoms with Crippen LogP contribution in [0.5, 0.6) is 0 Å². The number of rotatable bonds is 14. The van der Waals surface area contributed by atoms with Gasteiger partial charge in [0.2, 0.25) is 17.7 Å². The lowest BCUT2D eigenvalue weighted by atomic mass is 9.97. The van der Waals surface area contributed by atoms with E-state index in [0.29, 0.717) is 38.5 Å². The predicted octanol–water partition coefficient (Wildman–Crippen LogP) is 2.10. The summed E-state index contributed by atoms with van der Waals surface area (Å²) >= 11 is 0. The number of benzene rings is 2. The van der Waals surface area contributed by atoms with Gasteiger partial charge in [0.05, 0.1) is 12.2 Å². The number of carbonyl (C=O) groups excluding carboxylic acids is 5. The third-order valence-electron chi connectivity index (χ3n) is 7.54. The van der Waals surface area contributed by atoms with Crippen molar-refractivity contribution in [1.29, 1.82) is 0 Å². The zero-order chi connectivity index (χ0) is 30.8. The van der Waals surface area contributed by atoms with Crippen molar-refractivity contribution in [2.24, 2.45) is 11.8 Å². The fraction of sp³-hybridized carbons (Fsp3) is 0.406. The van der Waals surface area contributed by atoms with E-state index in [-0.39, 0.29) is 29.9 Å². The van der Waals surface area contributed by atoms with Crippen molar-refractivity contribution in [2.45, 2.75) is 64.1 Å². The van der Waals surface area contributed by atoms with E-state index in [9.17, 15) is 24.0 Å². The fourth-order valence-corrected chi connectivity index (χ4v) is 5.28. The molecule has 3 aromatic rings. The normalized spacial score (nSPS) is 16.6. The molecule has 2 aromatic carbocycles. The fourth-order valence-electron chi connectivity index (χ4n) is 5.28. The number of carbonyl (C=O) groups is 5. The molecule has 0 saturated carbocycles. The summed E-state index contributed by atoms with van der Waals surface area (Å²) in [4.78, 5) is 71.9. The maximum absolute atomic E-state index is 13.8. The first-order chi connectivity index (χ1) is 20.7. The van der Waals surface area contributed by atoms with Gasteiger partial charge in [-0.25, -0.2) is 4.98 Å². The van der Waals surface area contributed by atoms with Crippen molar-refractivity contribution in [3.05, 3.63) is 72.3 Å². The molecule has 2 heterocycles. The Kier molecular flexibility index (Phi) is 10.9. The minimum Gasteiger partial charge on any atom is -0.356 e. The van der Waals surface area contributed by atoms with Crippen LogP contribution in [0.3, 0.4) is 0 Å². The van der Waals surface area contributed by atoms with Crippen molar-refractivity contribution in [3.8, 4) is 0 Å². The summed E-state index contributed by atoms with van der Waals surface area (Å²) in [6.45, 7) is 4.45. The first-order valence-corrected chi connectivity index (χ1v) is 14.6. The van der Waals surface area contributed by atoms with Crippen molar-refractivity contribution < 1.29 is 24.0 Å². The Labute approximate surface area is 250 Å². The van der Waals surface area contributed by atoms with Gasteiger partial charge in [-0.3, -0.25) is 24.2 Å². The Hall–Kier alpha value is -4.67. The highest BCUT2D eigenvalue weighted by Gasteiger charge is 2.30. The monoisotopic (exact) mass is 586 g/mol. The lowest BCUT2D eigenvalue weighted by Gasteiger charge is -2.25. The van der Waals surface area contributed by atoms with Crippen molar-refractivity contribution in [1.82, 2.24) is 31.2 Å². The van der Waals surface area contributed by atoms with E-state index in [2.05, 4.69) is 31.2 Å². The van der Waals surface area contributed by atoms with E-state index >= 15 is 0 Å². The van der Waals surface area contributed by atoms with Gasteiger partial charge in [0.15, 0.2) is 0 Å². The van der Waals surface area contributed by atoms with E-state index in [1.807, 2.05) is 56.3 Å². The van der Waals surface area contributed by atoms with Crippen LogP contribution in [-0.2, 0) is 25.6 Å². The summed E-state index contributed by atoms with van der Waals surface area (Å²) in [6, 6.07) is 10.7. The van der Waals surface area contributed by atoms with Gasteiger partial charge in [-0.2, -0.15) is 0 Å². The minimum atomic E-state index is -1.04. The summed E-state index contributed by atoms with van der Waals surface area (Å²) in [5.41, 5.74) is 0.902. The van der Waals surface area contributed by atoms with Crippen LogP contribution in [-0.4, -0.2) is 64.6 Å². The average Bonchev–Trinajstić information content (AvgIpc) is 3.42. The number of fused-ring (bicyclic) bond motifs is 1. The van der Waals surface area contributed by atoms with Gasteiger partial charge in [0.1, 0.15) is 24.1 Å². The molecule has 226 valence electrons. The number of nitrogens with zero attached hydrogens (tertiary/aromatic N) is 2. The molecule has 0 aliphatic carbocycles. The summed E-state index contributed by atoms with van der Waals surface area (Å²) in [7, 11) is 0. The van der Waals surface area contributed by atoms with E-state index in [1.54, 1.807) is 0 Å². The smallest absolute Gasteiger partial charge is 0.272 e. The molecule has 1 aromatic heterocycles. The van der Waals surface area contributed by atoms with Crippen LogP contribution in [0.1, 0.15) is 55.6 Å². The van der Waals surface area contributed by atoms with E-state index in [0.717, 1.165) is 16.3 Å². The van der Waals surface area contributed by atoms with Crippen LogP contribution in [0, 0.1) is 11.8 Å². The minimum absolute atomic E-state index is 0.0401. The molecule has 1 aliphatic rings. The molecular formula is C32H38N6O5. The zero-order valence-electron chi connectivity index (χ0n) is 24.4. The maximum atomic E-state index is 13.8. The summed E-state index contributed by atoms with van der Waals surface area (Å²) in [6.07, 6.45) is 6.76. The highest BCUT2D eigenvalue weighted by molar-refractivity contribution is 5.98. The number of hydrogen-bond donors (Lipinski definition) is 4. The zero-order valence-corrected chi connectivity index (χ0v) is 24.4. The molecule has 11 nitrogen and oxygen atoms in total. The Morgan fingerprint density at radius 2 is 1.77 bits per heavy atom. The predicted molar refractivity (Wildman–Crippen MR) is 161 cm³/mol. The highest BCUT2D eigenvalue weighted by Crippen LogP contribution is 2.21. The molecule has 4 rings (SSSR count). The molecule has 0 bridgehead atoms. The second-order valence-electron chi connectivity index (χ2n) is 11.3. The molecule has 0 radical (unpaired) electrons. The Morgan fingerprint density at radius 1 is 1.00 bits per heavy atom. The molecule has 0 unspecified atom stereocenters. The highest BCUT2D eigenvalue weighted by atomic mass is 16.2. The quantitative estimate of drug-likeness (QED) is 0.211. The van der Waals surface area contributed by atoms with Crippen LogP contribution >= 0.6 is 0 Å². The molecule has 4 N–H and O–H groups in total. The SMILES string of the molecule is CC(C)C[C@H](NC(=O)[C@H](Cc1cccc2ccccc12)NC(=O)c1cnccn1)C(=O)N[C@H](C=O)CC[C@@H]1CCNC1=O. The maximum Gasteiger partial charge on any atom is 0.272 e. The number of aromatic nitrogens is 2. The molecule has 1 aliphatic heterocycles. The van der Waals surface area contributed by atoms with Gasteiger partial charge < -0.3 is 26.1 Å². The second-order valence-corrected chi connectivity index (χ2v) is 11.3. The van der Waals surface area contributed by atoms with Crippen LogP contribution in [0.25, 0.3) is 10.8 Å². The van der Waals surface area contributed by atoms with Crippen LogP contribution in [0.15, 0.2) is 61.1 Å². The van der Waals surface area contributed by atoms with Crippen molar-refractivity contribution in [2.75, 3.05) is 6.54 Å². The van der Waals surface area contributed by atoms with Gasteiger partial charge in [-0.05, 0) is 47.9 Å². The third-order valence-corrected chi connectivity index (χ3v) is 7.54. The molecule has 43 heavy (non-hydrogen) atoms. The van der Waals surface area contributed by atoms with Gasteiger partial charge >= 0.3 is 0 Å². The van der Waals surface area contributed by atoms with Crippen molar-refractivity contribution >= 4 is 40.7 Å². The Bertz CT molecular complexity index is 1440. The lowest BCUT2D eigenvalue weighted by Crippen LogP contribution is -2.56.